The molecule has 1 aromatic carbocycles. The van der Waals surface area contributed by atoms with E-state index in [2.05, 4.69) is 27.3 Å². The molecule has 5 heteroatoms. The number of ether oxygens (including phenoxy) is 1. The molecule has 0 unspecified atom stereocenters. The van der Waals surface area contributed by atoms with Gasteiger partial charge in [-0.05, 0) is 36.7 Å². The van der Waals surface area contributed by atoms with Gasteiger partial charge in [0.2, 0.25) is 0 Å². The fourth-order valence-electron chi connectivity index (χ4n) is 1.88. The number of rotatable bonds is 7. The Balaban J connectivity index is 1.73. The highest BCUT2D eigenvalue weighted by molar-refractivity contribution is 5.69. The molecule has 0 aliphatic carbocycles. The molecule has 1 aromatic heterocycles. The third kappa shape index (κ3) is 4.20. The van der Waals surface area contributed by atoms with E-state index in [0.29, 0.717) is 6.42 Å². The number of carbonyl (C=O) groups excluding carboxylic acids is 1. The van der Waals surface area contributed by atoms with Crippen LogP contribution in [0.3, 0.4) is 0 Å². The molecule has 2 rings (SSSR count). The number of carbonyl (C=O) groups is 1. The van der Waals surface area contributed by atoms with Crippen LogP contribution in [0.4, 0.5) is 0 Å². The van der Waals surface area contributed by atoms with Gasteiger partial charge in [-0.15, -0.1) is 0 Å². The van der Waals surface area contributed by atoms with Gasteiger partial charge in [0, 0.05) is 25.4 Å². The molecular formula is C15H19N3O2. The summed E-state index contributed by atoms with van der Waals surface area (Å²) in [6, 6.07) is 10.1. The summed E-state index contributed by atoms with van der Waals surface area (Å²) >= 11 is 0. The quantitative estimate of drug-likeness (QED) is 0.618. The molecule has 0 aliphatic heterocycles. The largest absolute Gasteiger partial charge is 0.469 e. The number of benzene rings is 1. The molecule has 0 atom stereocenters. The van der Waals surface area contributed by atoms with Crippen LogP contribution in [0.5, 0.6) is 0 Å². The molecule has 0 fully saturated rings. The predicted molar refractivity (Wildman–Crippen MR) is 76.5 cm³/mol. The summed E-state index contributed by atoms with van der Waals surface area (Å²) < 4.78 is 6.42. The summed E-state index contributed by atoms with van der Waals surface area (Å²) in [5.74, 6) is -0.157. The second kappa shape index (κ2) is 7.45. The normalized spacial score (nSPS) is 10.4. The topological polar surface area (TPSA) is 56.1 Å². The number of hydrogen-bond acceptors (Lipinski definition) is 4. The van der Waals surface area contributed by atoms with Gasteiger partial charge in [-0.1, -0.05) is 12.1 Å². The molecule has 0 spiro atoms. The van der Waals surface area contributed by atoms with Crippen molar-refractivity contribution in [2.45, 2.75) is 19.4 Å². The minimum atomic E-state index is -0.157. The molecule has 0 saturated carbocycles. The van der Waals surface area contributed by atoms with Crippen molar-refractivity contribution in [2.24, 2.45) is 0 Å². The highest BCUT2D eigenvalue weighted by Crippen LogP contribution is 2.08. The van der Waals surface area contributed by atoms with Crippen LogP contribution in [0.2, 0.25) is 0 Å². The van der Waals surface area contributed by atoms with E-state index in [1.165, 1.54) is 12.7 Å². The van der Waals surface area contributed by atoms with Crippen LogP contribution in [0.25, 0.3) is 5.69 Å². The van der Waals surface area contributed by atoms with E-state index >= 15 is 0 Å². The minimum Gasteiger partial charge on any atom is -0.469 e. The van der Waals surface area contributed by atoms with Crippen molar-refractivity contribution in [2.75, 3.05) is 13.7 Å². The first-order chi connectivity index (χ1) is 9.79. The summed E-state index contributed by atoms with van der Waals surface area (Å²) in [6.45, 7) is 1.59. The Kier molecular flexibility index (Phi) is 5.32. The van der Waals surface area contributed by atoms with Gasteiger partial charge in [-0.3, -0.25) is 4.79 Å². The Morgan fingerprint density at radius 2 is 2.15 bits per heavy atom. The van der Waals surface area contributed by atoms with Gasteiger partial charge in [0.25, 0.3) is 0 Å². The number of nitrogens with one attached hydrogen (secondary N) is 1. The first-order valence-electron chi connectivity index (χ1n) is 6.66. The van der Waals surface area contributed by atoms with Crippen LogP contribution in [0, 0.1) is 0 Å². The van der Waals surface area contributed by atoms with E-state index < -0.39 is 0 Å². The summed E-state index contributed by atoms with van der Waals surface area (Å²) in [5, 5.41) is 7.49. The van der Waals surface area contributed by atoms with Gasteiger partial charge in [-0.2, -0.15) is 5.10 Å². The summed E-state index contributed by atoms with van der Waals surface area (Å²) in [5.41, 5.74) is 2.25. The molecule has 0 radical (unpaired) electrons. The first-order valence-corrected chi connectivity index (χ1v) is 6.66. The smallest absolute Gasteiger partial charge is 0.305 e. The maximum absolute atomic E-state index is 10.9. The van der Waals surface area contributed by atoms with Crippen molar-refractivity contribution in [3.05, 3.63) is 48.3 Å². The van der Waals surface area contributed by atoms with Crippen molar-refractivity contribution in [3.8, 4) is 5.69 Å². The maximum Gasteiger partial charge on any atom is 0.305 e. The van der Waals surface area contributed by atoms with E-state index in [0.717, 1.165) is 25.2 Å². The van der Waals surface area contributed by atoms with Gasteiger partial charge >= 0.3 is 5.97 Å². The average molecular weight is 273 g/mol. The number of methoxy groups -OCH3 is 1. The fourth-order valence-corrected chi connectivity index (χ4v) is 1.88. The second-order valence-electron chi connectivity index (χ2n) is 4.47. The van der Waals surface area contributed by atoms with Crippen molar-refractivity contribution in [1.29, 1.82) is 0 Å². The monoisotopic (exact) mass is 273 g/mol. The highest BCUT2D eigenvalue weighted by Gasteiger charge is 2.00. The lowest BCUT2D eigenvalue weighted by Gasteiger charge is -2.06. The molecule has 0 saturated heterocycles. The van der Waals surface area contributed by atoms with Gasteiger partial charge in [-0.25, -0.2) is 4.68 Å². The van der Waals surface area contributed by atoms with Crippen LogP contribution in [-0.4, -0.2) is 29.4 Å². The first kappa shape index (κ1) is 14.3. The van der Waals surface area contributed by atoms with Crippen LogP contribution in [-0.2, 0) is 16.1 Å². The van der Waals surface area contributed by atoms with E-state index in [1.807, 2.05) is 29.1 Å². The Morgan fingerprint density at radius 3 is 2.80 bits per heavy atom. The molecule has 5 nitrogen and oxygen atoms in total. The summed E-state index contributed by atoms with van der Waals surface area (Å²) in [7, 11) is 1.41. The van der Waals surface area contributed by atoms with Gasteiger partial charge in [0.05, 0.1) is 12.8 Å². The molecular weight excluding hydrogens is 254 g/mol. The van der Waals surface area contributed by atoms with Crippen molar-refractivity contribution in [1.82, 2.24) is 15.1 Å². The molecule has 0 aliphatic rings. The number of esters is 1. The zero-order valence-electron chi connectivity index (χ0n) is 11.6. The molecule has 1 heterocycles. The third-order valence-corrected chi connectivity index (χ3v) is 3.00. The lowest BCUT2D eigenvalue weighted by atomic mass is 10.2. The minimum absolute atomic E-state index is 0.157. The van der Waals surface area contributed by atoms with E-state index in [9.17, 15) is 4.79 Å². The number of hydrogen-bond donors (Lipinski definition) is 1. The van der Waals surface area contributed by atoms with Crippen LogP contribution >= 0.6 is 0 Å². The van der Waals surface area contributed by atoms with Crippen molar-refractivity contribution < 1.29 is 9.53 Å². The lowest BCUT2D eigenvalue weighted by molar-refractivity contribution is -0.140. The molecule has 0 bridgehead atoms. The molecule has 2 aromatic rings. The number of aromatic nitrogens is 2. The third-order valence-electron chi connectivity index (χ3n) is 3.00. The number of nitrogens with zero attached hydrogens (tertiary/aromatic N) is 2. The highest BCUT2D eigenvalue weighted by atomic mass is 16.5. The van der Waals surface area contributed by atoms with Crippen LogP contribution in [0.15, 0.2) is 42.7 Å². The van der Waals surface area contributed by atoms with E-state index in [1.54, 1.807) is 6.20 Å². The maximum atomic E-state index is 10.9. The lowest BCUT2D eigenvalue weighted by Crippen LogP contribution is -2.16. The van der Waals surface area contributed by atoms with Crippen LogP contribution in [0.1, 0.15) is 18.4 Å². The second-order valence-corrected chi connectivity index (χ2v) is 4.47. The van der Waals surface area contributed by atoms with E-state index in [-0.39, 0.29) is 5.97 Å². The molecule has 106 valence electrons. The zero-order chi connectivity index (χ0) is 14.2. The fraction of sp³-hybridized carbons (Fsp3) is 0.333. The predicted octanol–water partition coefficient (Wildman–Crippen LogP) is 1.92. The summed E-state index contributed by atoms with van der Waals surface area (Å²) in [4.78, 5) is 10.9. The Bertz CT molecular complexity index is 521. The van der Waals surface area contributed by atoms with Gasteiger partial charge in [0.15, 0.2) is 0 Å². The van der Waals surface area contributed by atoms with Crippen molar-refractivity contribution >= 4 is 5.97 Å². The van der Waals surface area contributed by atoms with Gasteiger partial charge < -0.3 is 10.1 Å². The zero-order valence-corrected chi connectivity index (χ0v) is 11.6. The molecule has 0 amide bonds. The average Bonchev–Trinajstić information content (AvgIpc) is 3.01. The van der Waals surface area contributed by atoms with Crippen LogP contribution < -0.4 is 5.32 Å². The standard InChI is InChI=1S/C15H19N3O2/c1-20-15(19)4-2-9-16-12-13-5-7-14(8-6-13)18-11-3-10-17-18/h3,5-8,10-11,16H,2,4,9,12H2,1H3. The summed E-state index contributed by atoms with van der Waals surface area (Å²) in [6.07, 6.45) is 4.93. The Hall–Kier alpha value is -2.14. The van der Waals surface area contributed by atoms with E-state index in [4.69, 9.17) is 0 Å². The van der Waals surface area contributed by atoms with Crippen molar-refractivity contribution in [3.63, 3.8) is 0 Å². The Morgan fingerprint density at radius 1 is 1.35 bits per heavy atom. The SMILES string of the molecule is COC(=O)CCCNCc1ccc(-n2cccn2)cc1. The molecule has 20 heavy (non-hydrogen) atoms. The Labute approximate surface area is 118 Å². The van der Waals surface area contributed by atoms with Gasteiger partial charge in [0.1, 0.15) is 0 Å². The molecule has 1 N–H and O–H groups in total.